The molecule has 1 aliphatic rings. The maximum absolute atomic E-state index is 11.4. The van der Waals surface area contributed by atoms with Gasteiger partial charge in [-0.3, -0.25) is 4.79 Å². The number of nitrogens with one attached hydrogen (secondary N) is 1. The van der Waals surface area contributed by atoms with Crippen LogP contribution in [0.5, 0.6) is 0 Å². The van der Waals surface area contributed by atoms with Gasteiger partial charge in [0.1, 0.15) is 0 Å². The molecule has 0 spiro atoms. The normalized spacial score (nSPS) is 26.3. The van der Waals surface area contributed by atoms with Crippen LogP contribution in [0.2, 0.25) is 0 Å². The second-order valence-corrected chi connectivity index (χ2v) is 7.73. The Labute approximate surface area is 169 Å². The van der Waals surface area contributed by atoms with E-state index in [0.717, 1.165) is 38.5 Å². The molecule has 6 heteroatoms. The SMILES string of the molecule is CCCCC[C@H](O)/C=C/C1[C@@H](C/C=C\CCCC(=O)NCCO)C(O)C[C@@H]1O. The van der Waals surface area contributed by atoms with Gasteiger partial charge in [0.25, 0.3) is 0 Å². The largest absolute Gasteiger partial charge is 0.395 e. The van der Waals surface area contributed by atoms with E-state index < -0.39 is 18.3 Å². The molecule has 2 unspecified atom stereocenters. The zero-order chi connectivity index (χ0) is 20.8. The van der Waals surface area contributed by atoms with Gasteiger partial charge in [-0.2, -0.15) is 0 Å². The third-order valence-corrected chi connectivity index (χ3v) is 5.36. The van der Waals surface area contributed by atoms with Gasteiger partial charge in [0.05, 0.1) is 24.9 Å². The van der Waals surface area contributed by atoms with Crippen molar-refractivity contribution in [2.75, 3.05) is 13.2 Å². The summed E-state index contributed by atoms with van der Waals surface area (Å²) < 4.78 is 0. The molecule has 1 amide bonds. The molecule has 1 fully saturated rings. The third-order valence-electron chi connectivity index (χ3n) is 5.36. The molecule has 0 aliphatic heterocycles. The van der Waals surface area contributed by atoms with Gasteiger partial charge in [-0.1, -0.05) is 50.5 Å². The van der Waals surface area contributed by atoms with Gasteiger partial charge < -0.3 is 25.7 Å². The molecule has 0 heterocycles. The lowest BCUT2D eigenvalue weighted by molar-refractivity contribution is -0.121. The number of allylic oxidation sites excluding steroid dienone is 2. The Bertz CT molecular complexity index is 480. The van der Waals surface area contributed by atoms with Crippen LogP contribution in [0, 0.1) is 11.8 Å². The van der Waals surface area contributed by atoms with E-state index in [1.165, 1.54) is 0 Å². The van der Waals surface area contributed by atoms with E-state index in [0.29, 0.717) is 25.8 Å². The summed E-state index contributed by atoms with van der Waals surface area (Å²) in [6.07, 6.45) is 12.9. The quantitative estimate of drug-likeness (QED) is 0.228. The zero-order valence-corrected chi connectivity index (χ0v) is 17.2. The maximum Gasteiger partial charge on any atom is 0.220 e. The van der Waals surface area contributed by atoms with E-state index in [4.69, 9.17) is 5.11 Å². The number of hydrogen-bond acceptors (Lipinski definition) is 5. The molecule has 0 aromatic heterocycles. The number of unbranched alkanes of at least 4 members (excludes halogenated alkanes) is 3. The van der Waals surface area contributed by atoms with Crippen LogP contribution in [-0.2, 0) is 4.79 Å². The summed E-state index contributed by atoms with van der Waals surface area (Å²) in [6.45, 7) is 2.37. The van der Waals surface area contributed by atoms with E-state index in [-0.39, 0.29) is 24.3 Å². The molecule has 5 N–H and O–H groups in total. The Morgan fingerprint density at radius 3 is 2.68 bits per heavy atom. The van der Waals surface area contributed by atoms with E-state index in [9.17, 15) is 20.1 Å². The molecule has 162 valence electrons. The number of rotatable bonds is 14. The van der Waals surface area contributed by atoms with Crippen LogP contribution >= 0.6 is 0 Å². The number of aliphatic hydroxyl groups is 4. The summed E-state index contributed by atoms with van der Waals surface area (Å²) in [5.74, 6) is -0.262. The van der Waals surface area contributed by atoms with Crippen molar-refractivity contribution in [2.45, 2.75) is 83.0 Å². The maximum atomic E-state index is 11.4. The van der Waals surface area contributed by atoms with Gasteiger partial charge in [-0.05, 0) is 31.6 Å². The van der Waals surface area contributed by atoms with Crippen molar-refractivity contribution >= 4 is 5.91 Å². The summed E-state index contributed by atoms with van der Waals surface area (Å²) in [6, 6.07) is 0. The molecule has 0 aromatic rings. The summed E-state index contributed by atoms with van der Waals surface area (Å²) in [5, 5.41) is 41.8. The zero-order valence-electron chi connectivity index (χ0n) is 17.2. The Balaban J connectivity index is 2.39. The first-order valence-electron chi connectivity index (χ1n) is 10.7. The third kappa shape index (κ3) is 9.82. The molecule has 5 atom stereocenters. The van der Waals surface area contributed by atoms with E-state index >= 15 is 0 Å². The summed E-state index contributed by atoms with van der Waals surface area (Å²) in [4.78, 5) is 11.4. The Hall–Kier alpha value is -1.21. The average molecular weight is 398 g/mol. The smallest absolute Gasteiger partial charge is 0.220 e. The minimum Gasteiger partial charge on any atom is -0.395 e. The molecule has 1 saturated carbocycles. The fourth-order valence-electron chi connectivity index (χ4n) is 3.70. The van der Waals surface area contributed by atoms with Gasteiger partial charge in [0.2, 0.25) is 5.91 Å². The lowest BCUT2D eigenvalue weighted by Crippen LogP contribution is -2.25. The number of carbonyl (C=O) groups excluding carboxylic acids is 1. The summed E-state index contributed by atoms with van der Waals surface area (Å²) in [7, 11) is 0. The highest BCUT2D eigenvalue weighted by atomic mass is 16.3. The fraction of sp³-hybridized carbons (Fsp3) is 0.773. The number of carbonyl (C=O) groups is 1. The molecule has 0 aromatic carbocycles. The van der Waals surface area contributed by atoms with Crippen molar-refractivity contribution in [3.63, 3.8) is 0 Å². The van der Waals surface area contributed by atoms with E-state index in [1.54, 1.807) is 6.08 Å². The highest BCUT2D eigenvalue weighted by Gasteiger charge is 2.39. The average Bonchev–Trinajstić information content (AvgIpc) is 2.94. The first-order chi connectivity index (χ1) is 13.5. The Kier molecular flexibility index (Phi) is 13.1. The molecule has 1 aliphatic carbocycles. The Morgan fingerprint density at radius 1 is 1.18 bits per heavy atom. The van der Waals surface area contributed by atoms with Crippen LogP contribution < -0.4 is 5.32 Å². The van der Waals surface area contributed by atoms with Crippen molar-refractivity contribution in [3.8, 4) is 0 Å². The lowest BCUT2D eigenvalue weighted by atomic mass is 9.89. The van der Waals surface area contributed by atoms with Gasteiger partial charge in [0, 0.05) is 25.3 Å². The van der Waals surface area contributed by atoms with Crippen LogP contribution in [0.3, 0.4) is 0 Å². The predicted molar refractivity (Wildman–Crippen MR) is 111 cm³/mol. The van der Waals surface area contributed by atoms with Gasteiger partial charge in [-0.25, -0.2) is 0 Å². The molecule has 0 radical (unpaired) electrons. The molecule has 1 rings (SSSR count). The highest BCUT2D eigenvalue weighted by Crippen LogP contribution is 2.36. The van der Waals surface area contributed by atoms with Gasteiger partial charge in [-0.15, -0.1) is 0 Å². The van der Waals surface area contributed by atoms with Crippen molar-refractivity contribution < 1.29 is 25.2 Å². The van der Waals surface area contributed by atoms with Gasteiger partial charge >= 0.3 is 0 Å². The number of hydrogen-bond donors (Lipinski definition) is 5. The number of aliphatic hydroxyl groups excluding tert-OH is 4. The second-order valence-electron chi connectivity index (χ2n) is 7.73. The van der Waals surface area contributed by atoms with Crippen molar-refractivity contribution in [2.24, 2.45) is 11.8 Å². The van der Waals surface area contributed by atoms with Crippen molar-refractivity contribution in [1.82, 2.24) is 5.32 Å². The highest BCUT2D eigenvalue weighted by molar-refractivity contribution is 5.75. The second kappa shape index (κ2) is 14.7. The first-order valence-corrected chi connectivity index (χ1v) is 10.7. The van der Waals surface area contributed by atoms with Gasteiger partial charge in [0.15, 0.2) is 0 Å². The summed E-state index contributed by atoms with van der Waals surface area (Å²) in [5.41, 5.74) is 0. The lowest BCUT2D eigenvalue weighted by Gasteiger charge is -2.19. The van der Waals surface area contributed by atoms with Crippen LogP contribution in [0.15, 0.2) is 24.3 Å². The standard InChI is InChI=1S/C22H39NO5/c1-2-3-6-9-17(25)12-13-19-18(20(26)16-21(19)27)10-7-4-5-8-11-22(28)23-14-15-24/h4,7,12-13,17-21,24-27H,2-3,5-6,8-11,14-16H2,1H3,(H,23,28)/b7-4-,13-12+/t17-,18+,19?,20?,21-/m0/s1. The van der Waals surface area contributed by atoms with Crippen LogP contribution in [0.25, 0.3) is 0 Å². The van der Waals surface area contributed by atoms with Crippen LogP contribution in [0.1, 0.15) is 64.7 Å². The van der Waals surface area contributed by atoms with Crippen molar-refractivity contribution in [3.05, 3.63) is 24.3 Å². The minimum atomic E-state index is -0.581. The molecule has 0 saturated heterocycles. The van der Waals surface area contributed by atoms with E-state index in [1.807, 2.05) is 18.2 Å². The molecule has 28 heavy (non-hydrogen) atoms. The van der Waals surface area contributed by atoms with Crippen LogP contribution in [-0.4, -0.2) is 57.8 Å². The predicted octanol–water partition coefficient (Wildman–Crippen LogP) is 2.07. The molecule has 6 nitrogen and oxygen atoms in total. The monoisotopic (exact) mass is 397 g/mol. The van der Waals surface area contributed by atoms with E-state index in [2.05, 4.69) is 12.2 Å². The topological polar surface area (TPSA) is 110 Å². The molecule has 0 bridgehead atoms. The fourth-order valence-corrected chi connectivity index (χ4v) is 3.70. The molecular formula is C22H39NO5. The minimum absolute atomic E-state index is 0.0490. The Morgan fingerprint density at radius 2 is 1.96 bits per heavy atom. The summed E-state index contributed by atoms with van der Waals surface area (Å²) >= 11 is 0. The first kappa shape index (κ1) is 24.8. The number of amides is 1. The molecular weight excluding hydrogens is 358 g/mol. The van der Waals surface area contributed by atoms with Crippen molar-refractivity contribution in [1.29, 1.82) is 0 Å². The van der Waals surface area contributed by atoms with Crippen LogP contribution in [0.4, 0.5) is 0 Å².